The maximum atomic E-state index is 13.1. The fraction of sp³-hybridized carbons (Fsp3) is 0.333. The maximum absolute atomic E-state index is 13.1. The highest BCUT2D eigenvalue weighted by molar-refractivity contribution is 6.43. The lowest BCUT2D eigenvalue weighted by molar-refractivity contribution is 0.186. The minimum atomic E-state index is -0.200. The van der Waals surface area contributed by atoms with Crippen LogP contribution in [0.5, 0.6) is 5.75 Å². The Morgan fingerprint density at radius 2 is 1.97 bits per heavy atom. The van der Waals surface area contributed by atoms with Crippen LogP contribution in [0.2, 0.25) is 10.0 Å². The van der Waals surface area contributed by atoms with Crippen molar-refractivity contribution in [3.63, 3.8) is 0 Å². The molecule has 0 saturated carbocycles. The quantitative estimate of drug-likeness (QED) is 0.520. The van der Waals surface area contributed by atoms with E-state index in [2.05, 4.69) is 10.8 Å². The van der Waals surface area contributed by atoms with E-state index in [0.29, 0.717) is 27.4 Å². The molecule has 1 aromatic heterocycles. The van der Waals surface area contributed by atoms with Crippen molar-refractivity contribution in [1.82, 2.24) is 9.55 Å². The molecule has 0 unspecified atom stereocenters. The summed E-state index contributed by atoms with van der Waals surface area (Å²) in [4.78, 5) is 20.0. The standard InChI is InChI=1S/C27H26Cl2N4O2/c1-4-17-12-18-19(22(13-17)35-3)15-27(26(18)30)8-10-32(11-9-27)23-14-24(34)33(16(2)31-23)21-7-5-6-20(28)25(21)29/h1,5-7,12-14,26H,8-11,15,30H2,2-3H3/t26-/m1/s1. The summed E-state index contributed by atoms with van der Waals surface area (Å²) in [6.45, 7) is 3.30. The summed E-state index contributed by atoms with van der Waals surface area (Å²) in [7, 11) is 1.67. The van der Waals surface area contributed by atoms with Gasteiger partial charge in [0.1, 0.15) is 17.4 Å². The Morgan fingerprint density at radius 1 is 1.23 bits per heavy atom. The minimum Gasteiger partial charge on any atom is -0.496 e. The molecule has 1 aliphatic carbocycles. The number of fused-ring (bicyclic) bond motifs is 1. The molecule has 1 fully saturated rings. The number of halogens is 2. The van der Waals surface area contributed by atoms with Gasteiger partial charge in [-0.15, -0.1) is 6.42 Å². The summed E-state index contributed by atoms with van der Waals surface area (Å²) < 4.78 is 7.12. The molecule has 3 aromatic rings. The molecule has 180 valence electrons. The molecule has 35 heavy (non-hydrogen) atoms. The molecule has 1 saturated heterocycles. The van der Waals surface area contributed by atoms with Crippen molar-refractivity contribution in [1.29, 1.82) is 0 Å². The second-order valence-corrected chi connectivity index (χ2v) is 10.1. The van der Waals surface area contributed by atoms with Crippen LogP contribution in [-0.2, 0) is 6.42 Å². The summed E-state index contributed by atoms with van der Waals surface area (Å²) in [5.74, 6) is 4.73. The molecular weight excluding hydrogens is 483 g/mol. The Kier molecular flexibility index (Phi) is 6.04. The van der Waals surface area contributed by atoms with Crippen LogP contribution < -0.4 is 20.9 Å². The number of terminal acetylenes is 1. The number of hydrogen-bond donors (Lipinski definition) is 1. The van der Waals surface area contributed by atoms with Crippen molar-refractivity contribution in [2.45, 2.75) is 32.2 Å². The van der Waals surface area contributed by atoms with Crippen molar-refractivity contribution in [2.75, 3.05) is 25.1 Å². The molecule has 0 bridgehead atoms. The highest BCUT2D eigenvalue weighted by atomic mass is 35.5. The summed E-state index contributed by atoms with van der Waals surface area (Å²) >= 11 is 12.5. The highest BCUT2D eigenvalue weighted by Crippen LogP contribution is 2.53. The third kappa shape index (κ3) is 3.88. The second-order valence-electron chi connectivity index (χ2n) is 9.30. The number of nitrogens with zero attached hydrogens (tertiary/aromatic N) is 3. The van der Waals surface area contributed by atoms with Crippen LogP contribution >= 0.6 is 23.2 Å². The molecular formula is C27H26Cl2N4O2. The van der Waals surface area contributed by atoms with Gasteiger partial charge in [-0.1, -0.05) is 35.2 Å². The van der Waals surface area contributed by atoms with Crippen LogP contribution in [0.4, 0.5) is 5.82 Å². The first-order chi connectivity index (χ1) is 16.8. The van der Waals surface area contributed by atoms with Crippen molar-refractivity contribution in [3.8, 4) is 23.8 Å². The lowest BCUT2D eigenvalue weighted by atomic mass is 9.73. The lowest BCUT2D eigenvalue weighted by Gasteiger charge is -2.42. The number of methoxy groups -OCH3 is 1. The molecule has 1 spiro atoms. The van der Waals surface area contributed by atoms with Gasteiger partial charge in [-0.3, -0.25) is 9.36 Å². The number of aryl methyl sites for hydroxylation is 1. The van der Waals surface area contributed by atoms with E-state index >= 15 is 0 Å². The molecule has 2 aromatic carbocycles. The minimum absolute atomic E-state index is 0.0717. The first kappa shape index (κ1) is 23.7. The molecule has 1 atom stereocenters. The predicted molar refractivity (Wildman–Crippen MR) is 140 cm³/mol. The molecule has 6 nitrogen and oxygen atoms in total. The van der Waals surface area contributed by atoms with Crippen LogP contribution in [0.3, 0.4) is 0 Å². The summed E-state index contributed by atoms with van der Waals surface area (Å²) in [5, 5.41) is 0.716. The van der Waals surface area contributed by atoms with Gasteiger partial charge >= 0.3 is 0 Å². The molecule has 2 heterocycles. The number of rotatable bonds is 3. The van der Waals surface area contributed by atoms with E-state index in [1.165, 1.54) is 4.57 Å². The van der Waals surface area contributed by atoms with Gasteiger partial charge < -0.3 is 15.4 Å². The molecule has 2 aliphatic rings. The molecule has 2 N–H and O–H groups in total. The number of ether oxygens (including phenoxy) is 1. The maximum Gasteiger partial charge on any atom is 0.260 e. The third-order valence-corrected chi connectivity index (χ3v) is 8.29. The SMILES string of the molecule is C#Cc1cc(OC)c2c(c1)[C@@H](N)C1(CCN(c3cc(=O)n(-c4cccc(Cl)c4Cl)c(C)n3)CC1)C2. The zero-order valence-electron chi connectivity index (χ0n) is 19.6. The van der Waals surface area contributed by atoms with Crippen LogP contribution in [0.1, 0.15) is 41.4 Å². The first-order valence-electron chi connectivity index (χ1n) is 11.5. The molecule has 1 aliphatic heterocycles. The third-order valence-electron chi connectivity index (χ3n) is 7.48. The van der Waals surface area contributed by atoms with E-state index in [1.807, 2.05) is 12.1 Å². The number of hydrogen-bond acceptors (Lipinski definition) is 5. The van der Waals surface area contributed by atoms with E-state index in [0.717, 1.165) is 54.8 Å². The van der Waals surface area contributed by atoms with E-state index < -0.39 is 0 Å². The normalized spacial score (nSPS) is 18.4. The van der Waals surface area contributed by atoms with Gasteiger partial charge in [-0.2, -0.15) is 0 Å². The van der Waals surface area contributed by atoms with Gasteiger partial charge in [-0.25, -0.2) is 4.98 Å². The second kappa shape index (κ2) is 8.91. The van der Waals surface area contributed by atoms with Crippen LogP contribution in [0.15, 0.2) is 41.2 Å². The van der Waals surface area contributed by atoms with Gasteiger partial charge in [0.05, 0.1) is 22.8 Å². The van der Waals surface area contributed by atoms with E-state index in [-0.39, 0.29) is 17.0 Å². The van der Waals surface area contributed by atoms with Gasteiger partial charge in [0.2, 0.25) is 0 Å². The van der Waals surface area contributed by atoms with Gasteiger partial charge in [0.15, 0.2) is 0 Å². The van der Waals surface area contributed by atoms with E-state index in [9.17, 15) is 4.79 Å². The monoisotopic (exact) mass is 508 g/mol. The number of nitrogens with two attached hydrogens (primary N) is 1. The Balaban J connectivity index is 1.40. The molecule has 8 heteroatoms. The Labute approximate surface area is 214 Å². The fourth-order valence-corrected chi connectivity index (χ4v) is 5.94. The van der Waals surface area contributed by atoms with Crippen LogP contribution in [0, 0.1) is 24.7 Å². The van der Waals surface area contributed by atoms with Crippen molar-refractivity contribution in [3.05, 3.63) is 79.3 Å². The smallest absolute Gasteiger partial charge is 0.260 e. The summed E-state index contributed by atoms with van der Waals surface area (Å²) in [6.07, 6.45) is 8.26. The highest BCUT2D eigenvalue weighted by Gasteiger charge is 2.47. The number of piperidine rings is 1. The number of benzene rings is 2. The van der Waals surface area contributed by atoms with Crippen molar-refractivity contribution >= 4 is 29.0 Å². The average Bonchev–Trinajstić information content (AvgIpc) is 3.12. The first-order valence-corrected chi connectivity index (χ1v) is 12.3. The van der Waals surface area contributed by atoms with Crippen LogP contribution in [-0.4, -0.2) is 29.8 Å². The summed E-state index contributed by atoms with van der Waals surface area (Å²) in [6, 6.07) is 10.6. The molecule has 0 radical (unpaired) electrons. The predicted octanol–water partition coefficient (Wildman–Crippen LogP) is 4.68. The average molecular weight is 509 g/mol. The van der Waals surface area contributed by atoms with Gasteiger partial charge in [0.25, 0.3) is 5.56 Å². The summed E-state index contributed by atoms with van der Waals surface area (Å²) in [5.41, 5.74) is 10.1. The zero-order chi connectivity index (χ0) is 24.9. The van der Waals surface area contributed by atoms with Gasteiger partial charge in [0, 0.05) is 30.8 Å². The van der Waals surface area contributed by atoms with E-state index in [1.54, 1.807) is 38.3 Å². The van der Waals surface area contributed by atoms with Crippen molar-refractivity contribution in [2.24, 2.45) is 11.1 Å². The van der Waals surface area contributed by atoms with Crippen molar-refractivity contribution < 1.29 is 4.74 Å². The Hall–Kier alpha value is -2.98. The zero-order valence-corrected chi connectivity index (χ0v) is 21.2. The molecule has 5 rings (SSSR count). The number of aromatic nitrogens is 2. The Morgan fingerprint density at radius 3 is 2.63 bits per heavy atom. The van der Waals surface area contributed by atoms with E-state index in [4.69, 9.17) is 45.1 Å². The Bertz CT molecular complexity index is 1420. The number of anilines is 1. The topological polar surface area (TPSA) is 73.4 Å². The van der Waals surface area contributed by atoms with Gasteiger partial charge in [-0.05, 0) is 67.0 Å². The largest absolute Gasteiger partial charge is 0.496 e. The van der Waals surface area contributed by atoms with Crippen LogP contribution in [0.25, 0.3) is 5.69 Å². The fourth-order valence-electron chi connectivity index (χ4n) is 5.56. The lowest BCUT2D eigenvalue weighted by Crippen LogP contribution is -2.45. The molecule has 0 amide bonds.